The van der Waals surface area contributed by atoms with Crippen LogP contribution < -0.4 is 9.62 Å². The van der Waals surface area contributed by atoms with Gasteiger partial charge in [-0.05, 0) is 65.3 Å². The van der Waals surface area contributed by atoms with Crippen LogP contribution in [0.3, 0.4) is 0 Å². The van der Waals surface area contributed by atoms with Crippen molar-refractivity contribution in [1.82, 2.24) is 4.89 Å². The molecule has 114 valence electrons. The Morgan fingerprint density at radius 1 is 1.20 bits per heavy atom. The zero-order valence-corrected chi connectivity index (χ0v) is 13.7. The van der Waals surface area contributed by atoms with Gasteiger partial charge in [0.15, 0.2) is 0 Å². The molecule has 0 aromatic heterocycles. The van der Waals surface area contributed by atoms with Crippen LogP contribution in [-0.4, -0.2) is 20.1 Å². The number of rotatable bonds is 5. The van der Waals surface area contributed by atoms with Gasteiger partial charge in [-0.3, -0.25) is 4.84 Å². The molecule has 0 aliphatic rings. The first kappa shape index (κ1) is 16.9. The fourth-order valence-corrected chi connectivity index (χ4v) is 2.44. The molecule has 0 spiro atoms. The van der Waals surface area contributed by atoms with Crippen LogP contribution in [0.15, 0.2) is 23.1 Å². The summed E-state index contributed by atoms with van der Waals surface area (Å²) in [5.41, 5.74) is 0.167. The molecule has 6 heteroatoms. The Hall–Kier alpha value is -1.11. The number of aryl methyl sites for hydroxylation is 1. The summed E-state index contributed by atoms with van der Waals surface area (Å²) in [4.78, 5) is 7.40. The fraction of sp³-hybridized carbons (Fsp3) is 0.571. The summed E-state index contributed by atoms with van der Waals surface area (Å²) in [6.45, 7) is 10.9. The van der Waals surface area contributed by atoms with Gasteiger partial charge in [-0.15, -0.1) is 0 Å². The Balaban J connectivity index is 2.94. The van der Waals surface area contributed by atoms with E-state index in [9.17, 15) is 8.42 Å². The molecular weight excluding hydrogens is 278 g/mol. The maximum absolute atomic E-state index is 12.1. The Labute approximate surface area is 121 Å². The Morgan fingerprint density at radius 3 is 2.25 bits per heavy atom. The number of ether oxygens (including phenoxy) is 1. The third-order valence-electron chi connectivity index (χ3n) is 2.28. The van der Waals surface area contributed by atoms with Crippen LogP contribution in [0.4, 0.5) is 0 Å². The van der Waals surface area contributed by atoms with E-state index in [1.165, 1.54) is 6.07 Å². The first-order chi connectivity index (χ1) is 9.01. The minimum atomic E-state index is -3.69. The first-order valence-corrected chi connectivity index (χ1v) is 7.97. The van der Waals surface area contributed by atoms with E-state index in [0.717, 1.165) is 5.56 Å². The zero-order valence-electron chi connectivity index (χ0n) is 12.9. The van der Waals surface area contributed by atoms with E-state index in [4.69, 9.17) is 9.57 Å². The van der Waals surface area contributed by atoms with Crippen LogP contribution in [0.25, 0.3) is 0 Å². The average Bonchev–Trinajstić information content (AvgIpc) is 2.28. The standard InChI is InChI=1S/C14H23NO4S/c1-10(2)18-13-8-7-12(9-11(13)3)20(16,17)15-19-14(4,5)6/h7-10,15H,1-6H3. The third kappa shape index (κ3) is 5.11. The molecule has 1 aromatic rings. The highest BCUT2D eigenvalue weighted by Crippen LogP contribution is 2.23. The zero-order chi connectivity index (χ0) is 15.6. The van der Waals surface area contributed by atoms with Gasteiger partial charge in [0.1, 0.15) is 5.75 Å². The SMILES string of the molecule is Cc1cc(S(=O)(=O)NOC(C)(C)C)ccc1OC(C)C. The van der Waals surface area contributed by atoms with Gasteiger partial charge >= 0.3 is 0 Å². The highest BCUT2D eigenvalue weighted by atomic mass is 32.2. The van der Waals surface area contributed by atoms with Crippen molar-refractivity contribution >= 4 is 10.0 Å². The maximum atomic E-state index is 12.1. The molecule has 0 fully saturated rings. The molecule has 0 heterocycles. The van der Waals surface area contributed by atoms with Gasteiger partial charge in [0.2, 0.25) is 0 Å². The Morgan fingerprint density at radius 2 is 1.80 bits per heavy atom. The van der Waals surface area contributed by atoms with Crippen molar-refractivity contribution in [3.05, 3.63) is 23.8 Å². The van der Waals surface area contributed by atoms with E-state index in [1.807, 2.05) is 13.8 Å². The monoisotopic (exact) mass is 301 g/mol. The normalized spacial score (nSPS) is 12.8. The van der Waals surface area contributed by atoms with Gasteiger partial charge in [0, 0.05) is 0 Å². The molecular formula is C14H23NO4S. The number of sulfonamides is 1. The van der Waals surface area contributed by atoms with Crippen LogP contribution in [0, 0.1) is 6.92 Å². The lowest BCUT2D eigenvalue weighted by atomic mass is 10.2. The molecule has 0 amide bonds. The van der Waals surface area contributed by atoms with E-state index < -0.39 is 15.6 Å². The molecule has 0 saturated heterocycles. The number of benzene rings is 1. The quantitative estimate of drug-likeness (QED) is 0.849. The summed E-state index contributed by atoms with van der Waals surface area (Å²) in [7, 11) is -3.69. The molecule has 0 atom stereocenters. The largest absolute Gasteiger partial charge is 0.491 e. The molecule has 0 aliphatic heterocycles. The smallest absolute Gasteiger partial charge is 0.262 e. The second-order valence-electron chi connectivity index (χ2n) is 5.90. The Kier molecular flexibility index (Phi) is 5.18. The van der Waals surface area contributed by atoms with E-state index in [2.05, 4.69) is 4.89 Å². The predicted molar refractivity (Wildman–Crippen MR) is 78.1 cm³/mol. The van der Waals surface area contributed by atoms with Gasteiger partial charge in [0.05, 0.1) is 16.6 Å². The fourth-order valence-electron chi connectivity index (χ4n) is 1.40. The molecule has 0 radical (unpaired) electrons. The molecule has 1 aromatic carbocycles. The molecule has 1 N–H and O–H groups in total. The minimum absolute atomic E-state index is 0.0403. The van der Waals surface area contributed by atoms with Crippen LogP contribution in [-0.2, 0) is 14.9 Å². The van der Waals surface area contributed by atoms with Crippen LogP contribution in [0.1, 0.15) is 40.2 Å². The van der Waals surface area contributed by atoms with Gasteiger partial charge < -0.3 is 4.74 Å². The minimum Gasteiger partial charge on any atom is -0.491 e. The van der Waals surface area contributed by atoms with E-state index in [-0.39, 0.29) is 11.0 Å². The highest BCUT2D eigenvalue weighted by Gasteiger charge is 2.20. The summed E-state index contributed by atoms with van der Waals surface area (Å²) in [5.74, 6) is 0.677. The summed E-state index contributed by atoms with van der Waals surface area (Å²) < 4.78 is 29.8. The molecule has 0 aliphatic carbocycles. The van der Waals surface area contributed by atoms with Gasteiger partial charge in [-0.25, -0.2) is 8.42 Å². The summed E-state index contributed by atoms with van der Waals surface area (Å²) >= 11 is 0. The third-order valence-corrected chi connectivity index (χ3v) is 3.45. The van der Waals surface area contributed by atoms with Crippen molar-refractivity contribution < 1.29 is 18.0 Å². The second-order valence-corrected chi connectivity index (χ2v) is 7.54. The summed E-state index contributed by atoms with van der Waals surface area (Å²) in [6, 6.07) is 4.71. The number of hydrogen-bond donors (Lipinski definition) is 1. The van der Waals surface area contributed by atoms with E-state index >= 15 is 0 Å². The Bertz CT molecular complexity index is 559. The predicted octanol–water partition coefficient (Wildman–Crippen LogP) is 2.79. The summed E-state index contributed by atoms with van der Waals surface area (Å²) in [5, 5.41) is 0. The van der Waals surface area contributed by atoms with E-state index in [1.54, 1.807) is 39.8 Å². The van der Waals surface area contributed by atoms with Crippen molar-refractivity contribution in [2.75, 3.05) is 0 Å². The van der Waals surface area contributed by atoms with Crippen LogP contribution >= 0.6 is 0 Å². The molecule has 5 nitrogen and oxygen atoms in total. The van der Waals surface area contributed by atoms with Gasteiger partial charge in [-0.2, -0.15) is 0 Å². The number of nitrogens with one attached hydrogen (secondary N) is 1. The molecule has 1 rings (SSSR count). The lowest BCUT2D eigenvalue weighted by molar-refractivity contribution is -0.0357. The van der Waals surface area contributed by atoms with Crippen molar-refractivity contribution in [3.63, 3.8) is 0 Å². The number of hydrogen-bond acceptors (Lipinski definition) is 4. The second kappa shape index (κ2) is 6.11. The van der Waals surface area contributed by atoms with E-state index in [0.29, 0.717) is 5.75 Å². The average molecular weight is 301 g/mol. The van der Waals surface area contributed by atoms with Crippen LogP contribution in [0.5, 0.6) is 5.75 Å². The molecule has 0 bridgehead atoms. The highest BCUT2D eigenvalue weighted by molar-refractivity contribution is 7.89. The van der Waals surface area contributed by atoms with Crippen molar-refractivity contribution in [3.8, 4) is 5.75 Å². The van der Waals surface area contributed by atoms with Crippen molar-refractivity contribution in [2.45, 2.75) is 58.1 Å². The topological polar surface area (TPSA) is 64.6 Å². The molecule has 0 saturated carbocycles. The van der Waals surface area contributed by atoms with Crippen LogP contribution in [0.2, 0.25) is 0 Å². The lowest BCUT2D eigenvalue weighted by Gasteiger charge is -2.19. The van der Waals surface area contributed by atoms with Gasteiger partial charge in [-0.1, -0.05) is 4.89 Å². The van der Waals surface area contributed by atoms with Crippen molar-refractivity contribution in [1.29, 1.82) is 0 Å². The molecule has 0 unspecified atom stereocenters. The first-order valence-electron chi connectivity index (χ1n) is 6.48. The lowest BCUT2D eigenvalue weighted by Crippen LogP contribution is -2.33. The maximum Gasteiger partial charge on any atom is 0.262 e. The molecule has 20 heavy (non-hydrogen) atoms. The van der Waals surface area contributed by atoms with Gasteiger partial charge in [0.25, 0.3) is 10.0 Å². The summed E-state index contributed by atoms with van der Waals surface area (Å²) in [6.07, 6.45) is 0.0403. The van der Waals surface area contributed by atoms with Crippen molar-refractivity contribution in [2.24, 2.45) is 0 Å².